The molecule has 6 nitrogen and oxygen atoms in total. The standard InChI is InChI=1S/C21H19N3O3S/c1-24-13-23-17-9-14(7-8-18(17)24)12-27-20(25)10-15-11-22-21(28-15)16-5-3-4-6-19(16)26-2/h3-9,11,13H,10,12H2,1-2H3. The van der Waals surface area contributed by atoms with Crippen molar-refractivity contribution < 1.29 is 14.3 Å². The average Bonchev–Trinajstić information content (AvgIpc) is 3.33. The minimum atomic E-state index is -0.281. The van der Waals surface area contributed by atoms with E-state index in [0.717, 1.165) is 37.8 Å². The molecule has 0 amide bonds. The molecule has 7 heteroatoms. The van der Waals surface area contributed by atoms with E-state index in [1.807, 2.05) is 54.1 Å². The summed E-state index contributed by atoms with van der Waals surface area (Å²) in [7, 11) is 3.58. The van der Waals surface area contributed by atoms with Gasteiger partial charge in [0.1, 0.15) is 17.4 Å². The highest BCUT2D eigenvalue weighted by Gasteiger charge is 2.13. The molecule has 2 aromatic carbocycles. The third kappa shape index (κ3) is 3.75. The molecule has 142 valence electrons. The monoisotopic (exact) mass is 393 g/mol. The maximum atomic E-state index is 12.2. The number of fused-ring (bicyclic) bond motifs is 1. The number of hydrogen-bond donors (Lipinski definition) is 0. The number of thiazole rings is 1. The van der Waals surface area contributed by atoms with E-state index >= 15 is 0 Å². The molecule has 0 aliphatic carbocycles. The maximum absolute atomic E-state index is 12.2. The topological polar surface area (TPSA) is 66.2 Å². The molecular formula is C21H19N3O3S. The largest absolute Gasteiger partial charge is 0.496 e. The molecule has 0 bridgehead atoms. The van der Waals surface area contributed by atoms with Crippen molar-refractivity contribution in [3.05, 3.63) is 65.4 Å². The highest BCUT2D eigenvalue weighted by molar-refractivity contribution is 7.15. The van der Waals surface area contributed by atoms with Gasteiger partial charge in [0.25, 0.3) is 0 Å². The van der Waals surface area contributed by atoms with E-state index in [9.17, 15) is 4.79 Å². The minimum absolute atomic E-state index is 0.193. The zero-order valence-corrected chi connectivity index (χ0v) is 16.4. The Kier molecular flexibility index (Phi) is 5.08. The summed E-state index contributed by atoms with van der Waals surface area (Å²) in [6.45, 7) is 0.226. The van der Waals surface area contributed by atoms with Crippen molar-refractivity contribution in [1.29, 1.82) is 0 Å². The van der Waals surface area contributed by atoms with Gasteiger partial charge in [0.05, 0.1) is 36.5 Å². The number of aryl methyl sites for hydroxylation is 1. The molecule has 0 saturated heterocycles. The molecule has 0 aliphatic heterocycles. The van der Waals surface area contributed by atoms with Crippen molar-refractivity contribution in [1.82, 2.24) is 14.5 Å². The Bertz CT molecular complexity index is 1130. The van der Waals surface area contributed by atoms with Crippen LogP contribution in [0.5, 0.6) is 5.75 Å². The normalized spacial score (nSPS) is 10.9. The van der Waals surface area contributed by atoms with Crippen LogP contribution in [0, 0.1) is 0 Å². The van der Waals surface area contributed by atoms with Crippen molar-refractivity contribution in [3.63, 3.8) is 0 Å². The second-order valence-electron chi connectivity index (χ2n) is 6.35. The van der Waals surface area contributed by atoms with Crippen LogP contribution in [-0.2, 0) is 29.6 Å². The van der Waals surface area contributed by atoms with Gasteiger partial charge >= 0.3 is 5.97 Å². The number of esters is 1. The van der Waals surface area contributed by atoms with E-state index in [1.54, 1.807) is 19.6 Å². The fraction of sp³-hybridized carbons (Fsp3) is 0.190. The fourth-order valence-corrected chi connectivity index (χ4v) is 3.89. The quantitative estimate of drug-likeness (QED) is 0.464. The number of carbonyl (C=O) groups excluding carboxylic acids is 1. The van der Waals surface area contributed by atoms with Crippen LogP contribution in [-0.4, -0.2) is 27.6 Å². The van der Waals surface area contributed by atoms with Crippen LogP contribution >= 0.6 is 11.3 Å². The van der Waals surface area contributed by atoms with Crippen molar-refractivity contribution >= 4 is 28.3 Å². The summed E-state index contributed by atoms with van der Waals surface area (Å²) in [5, 5.41) is 0.820. The first-order chi connectivity index (χ1) is 13.6. The predicted molar refractivity (Wildman–Crippen MR) is 108 cm³/mol. The Labute approximate surface area is 166 Å². The lowest BCUT2D eigenvalue weighted by atomic mass is 10.2. The second kappa shape index (κ2) is 7.82. The Morgan fingerprint density at radius 1 is 1.18 bits per heavy atom. The van der Waals surface area contributed by atoms with Crippen LogP contribution in [0.25, 0.3) is 21.6 Å². The molecule has 0 aliphatic rings. The number of imidazole rings is 1. The first-order valence-corrected chi connectivity index (χ1v) is 9.59. The number of methoxy groups -OCH3 is 1. The Balaban J connectivity index is 1.39. The molecule has 0 spiro atoms. The van der Waals surface area contributed by atoms with Crippen LogP contribution in [0.3, 0.4) is 0 Å². The van der Waals surface area contributed by atoms with Crippen LogP contribution < -0.4 is 4.74 Å². The van der Waals surface area contributed by atoms with E-state index in [0.29, 0.717) is 0 Å². The van der Waals surface area contributed by atoms with Crippen molar-refractivity contribution in [2.75, 3.05) is 7.11 Å². The molecule has 0 N–H and O–H groups in total. The second-order valence-corrected chi connectivity index (χ2v) is 7.46. The van der Waals surface area contributed by atoms with Crippen molar-refractivity contribution in [2.24, 2.45) is 7.05 Å². The van der Waals surface area contributed by atoms with Crippen LogP contribution in [0.1, 0.15) is 10.4 Å². The van der Waals surface area contributed by atoms with Crippen molar-refractivity contribution in [3.8, 4) is 16.3 Å². The zero-order chi connectivity index (χ0) is 19.5. The van der Waals surface area contributed by atoms with E-state index in [2.05, 4.69) is 9.97 Å². The van der Waals surface area contributed by atoms with Gasteiger partial charge in [-0.05, 0) is 29.8 Å². The predicted octanol–water partition coefficient (Wildman–Crippen LogP) is 3.99. The Hall–Kier alpha value is -3.19. The molecule has 2 heterocycles. The maximum Gasteiger partial charge on any atom is 0.311 e. The van der Waals surface area contributed by atoms with Gasteiger partial charge in [0.2, 0.25) is 0 Å². The van der Waals surface area contributed by atoms with Crippen LogP contribution in [0.4, 0.5) is 0 Å². The molecule has 0 fully saturated rings. The smallest absolute Gasteiger partial charge is 0.311 e. The number of benzene rings is 2. The molecule has 0 unspecified atom stereocenters. The number of para-hydroxylation sites is 1. The molecule has 2 aromatic heterocycles. The zero-order valence-electron chi connectivity index (χ0n) is 15.6. The first kappa shape index (κ1) is 18.2. The van der Waals surface area contributed by atoms with Crippen molar-refractivity contribution in [2.45, 2.75) is 13.0 Å². The average molecular weight is 393 g/mol. The highest BCUT2D eigenvalue weighted by Crippen LogP contribution is 2.32. The Morgan fingerprint density at radius 3 is 2.89 bits per heavy atom. The summed E-state index contributed by atoms with van der Waals surface area (Å²) >= 11 is 1.47. The van der Waals surface area contributed by atoms with Crippen LogP contribution in [0.2, 0.25) is 0 Å². The molecule has 0 atom stereocenters. The summed E-state index contributed by atoms with van der Waals surface area (Å²) in [6, 6.07) is 13.6. The number of aromatic nitrogens is 3. The van der Waals surface area contributed by atoms with Gasteiger partial charge in [-0.25, -0.2) is 9.97 Å². The van der Waals surface area contributed by atoms with E-state index in [1.165, 1.54) is 11.3 Å². The molecule has 0 radical (unpaired) electrons. The van der Waals surface area contributed by atoms with Gasteiger partial charge in [0, 0.05) is 18.1 Å². The summed E-state index contributed by atoms with van der Waals surface area (Å²) in [5.41, 5.74) is 3.76. The van der Waals surface area contributed by atoms with Gasteiger partial charge in [-0.2, -0.15) is 0 Å². The lowest BCUT2D eigenvalue weighted by Gasteiger charge is -2.05. The summed E-state index contributed by atoms with van der Waals surface area (Å²) in [6.07, 6.45) is 3.68. The van der Waals surface area contributed by atoms with E-state index in [4.69, 9.17) is 9.47 Å². The fourth-order valence-electron chi connectivity index (χ4n) is 2.96. The van der Waals surface area contributed by atoms with Gasteiger partial charge in [0.15, 0.2) is 0 Å². The lowest BCUT2D eigenvalue weighted by molar-refractivity contribution is -0.144. The number of hydrogen-bond acceptors (Lipinski definition) is 6. The number of ether oxygens (including phenoxy) is 2. The first-order valence-electron chi connectivity index (χ1n) is 8.77. The molecule has 0 saturated carbocycles. The van der Waals surface area contributed by atoms with Gasteiger partial charge in [-0.1, -0.05) is 18.2 Å². The van der Waals surface area contributed by atoms with Gasteiger partial charge < -0.3 is 14.0 Å². The number of carbonyl (C=O) groups is 1. The third-order valence-corrected chi connectivity index (χ3v) is 5.43. The molecular weight excluding hydrogens is 374 g/mol. The third-order valence-electron chi connectivity index (χ3n) is 4.40. The van der Waals surface area contributed by atoms with Gasteiger partial charge in [-0.3, -0.25) is 4.79 Å². The SMILES string of the molecule is COc1ccccc1-c1ncc(CC(=O)OCc2ccc3c(c2)ncn3C)s1. The molecule has 4 aromatic rings. The molecule has 28 heavy (non-hydrogen) atoms. The summed E-state index contributed by atoms with van der Waals surface area (Å²) < 4.78 is 12.8. The van der Waals surface area contributed by atoms with Gasteiger partial charge in [-0.15, -0.1) is 11.3 Å². The highest BCUT2D eigenvalue weighted by atomic mass is 32.1. The summed E-state index contributed by atoms with van der Waals surface area (Å²) in [4.78, 5) is 21.8. The van der Waals surface area contributed by atoms with Crippen LogP contribution in [0.15, 0.2) is 55.0 Å². The number of nitrogens with zero attached hydrogens (tertiary/aromatic N) is 3. The minimum Gasteiger partial charge on any atom is -0.496 e. The lowest BCUT2D eigenvalue weighted by Crippen LogP contribution is -2.07. The Morgan fingerprint density at radius 2 is 2.04 bits per heavy atom. The van der Waals surface area contributed by atoms with E-state index < -0.39 is 0 Å². The van der Waals surface area contributed by atoms with E-state index in [-0.39, 0.29) is 19.0 Å². The summed E-state index contributed by atoms with van der Waals surface area (Å²) in [5.74, 6) is 0.479. The molecule has 4 rings (SSSR count). The number of rotatable bonds is 6.